The smallest absolute Gasteiger partial charge is 0.255 e. The van der Waals surface area contributed by atoms with Crippen LogP contribution in [0.25, 0.3) is 0 Å². The molecule has 27 heavy (non-hydrogen) atoms. The molecule has 1 saturated heterocycles. The third-order valence-electron chi connectivity index (χ3n) is 4.54. The zero-order valence-electron chi connectivity index (χ0n) is 15.3. The summed E-state index contributed by atoms with van der Waals surface area (Å²) in [7, 11) is 0. The maximum absolute atomic E-state index is 13.2. The normalized spacial score (nSPS) is 16.6. The average molecular weight is 372 g/mol. The molecule has 0 unspecified atom stereocenters. The van der Waals surface area contributed by atoms with Crippen LogP contribution in [-0.4, -0.2) is 36.7 Å². The van der Waals surface area contributed by atoms with Crippen molar-refractivity contribution in [1.29, 1.82) is 0 Å². The van der Waals surface area contributed by atoms with Crippen molar-refractivity contribution in [2.75, 3.05) is 19.8 Å². The first-order valence-electron chi connectivity index (χ1n) is 9.17. The predicted octanol–water partition coefficient (Wildman–Crippen LogP) is 2.87. The van der Waals surface area contributed by atoms with Crippen molar-refractivity contribution in [2.45, 2.75) is 32.0 Å². The fourth-order valence-corrected chi connectivity index (χ4v) is 3.27. The van der Waals surface area contributed by atoms with Gasteiger partial charge >= 0.3 is 0 Å². The number of benzene rings is 2. The number of rotatable bonds is 9. The lowest BCUT2D eigenvalue weighted by atomic mass is 10.1. The molecular formula is C21H25FN2O3. The lowest BCUT2D eigenvalue weighted by Crippen LogP contribution is -2.31. The number of halogens is 1. The maximum atomic E-state index is 13.2. The lowest BCUT2D eigenvalue weighted by Gasteiger charge is -2.26. The molecule has 144 valence electrons. The molecule has 1 fully saturated rings. The molecule has 1 aliphatic rings. The first-order chi connectivity index (χ1) is 13.1. The quantitative estimate of drug-likeness (QED) is 0.735. The molecule has 2 N–H and O–H groups in total. The van der Waals surface area contributed by atoms with Crippen molar-refractivity contribution in [3.8, 4) is 5.75 Å². The largest absolute Gasteiger partial charge is 0.483 e. The summed E-state index contributed by atoms with van der Waals surface area (Å²) in [6.45, 7) is 2.73. The fraction of sp³-hybridized carbons (Fsp3) is 0.381. The minimum absolute atomic E-state index is 0.152. The highest BCUT2D eigenvalue weighted by Crippen LogP contribution is 2.23. The van der Waals surface area contributed by atoms with Gasteiger partial charge in [0.2, 0.25) is 0 Å². The molecule has 0 spiro atoms. The second-order valence-electron chi connectivity index (χ2n) is 6.79. The fourth-order valence-electron chi connectivity index (χ4n) is 3.27. The highest BCUT2D eigenvalue weighted by molar-refractivity contribution is 5.75. The van der Waals surface area contributed by atoms with E-state index in [1.54, 1.807) is 12.1 Å². The number of para-hydroxylation sites is 1. The Morgan fingerprint density at radius 2 is 1.96 bits per heavy atom. The molecular weight excluding hydrogens is 347 g/mol. The van der Waals surface area contributed by atoms with Crippen molar-refractivity contribution < 1.29 is 18.7 Å². The van der Waals surface area contributed by atoms with Crippen molar-refractivity contribution in [3.63, 3.8) is 0 Å². The van der Waals surface area contributed by atoms with Crippen LogP contribution in [0.4, 0.5) is 4.39 Å². The number of ether oxygens (including phenoxy) is 2. The van der Waals surface area contributed by atoms with Crippen LogP contribution in [0.3, 0.4) is 0 Å². The van der Waals surface area contributed by atoms with Gasteiger partial charge in [-0.1, -0.05) is 30.3 Å². The first-order valence-corrected chi connectivity index (χ1v) is 9.17. The summed E-state index contributed by atoms with van der Waals surface area (Å²) < 4.78 is 24.6. The Balaban J connectivity index is 1.73. The predicted molar refractivity (Wildman–Crippen MR) is 101 cm³/mol. The van der Waals surface area contributed by atoms with E-state index in [4.69, 9.17) is 15.2 Å². The van der Waals surface area contributed by atoms with E-state index in [9.17, 15) is 9.18 Å². The van der Waals surface area contributed by atoms with Crippen molar-refractivity contribution in [3.05, 3.63) is 65.5 Å². The van der Waals surface area contributed by atoms with Crippen molar-refractivity contribution in [1.82, 2.24) is 4.90 Å². The van der Waals surface area contributed by atoms with Gasteiger partial charge in [-0.25, -0.2) is 4.39 Å². The Kier molecular flexibility index (Phi) is 6.79. The number of nitrogens with two attached hydrogens (primary N) is 1. The molecule has 2 aromatic carbocycles. The van der Waals surface area contributed by atoms with E-state index in [-0.39, 0.29) is 18.5 Å². The van der Waals surface area contributed by atoms with E-state index in [2.05, 4.69) is 4.90 Å². The van der Waals surface area contributed by atoms with Gasteiger partial charge in [-0.15, -0.1) is 0 Å². The second-order valence-corrected chi connectivity index (χ2v) is 6.79. The van der Waals surface area contributed by atoms with Gasteiger partial charge in [0.1, 0.15) is 11.6 Å². The number of hydrogen-bond acceptors (Lipinski definition) is 4. The van der Waals surface area contributed by atoms with Crippen LogP contribution in [0.15, 0.2) is 48.5 Å². The number of carbonyl (C=O) groups excluding carboxylic acids is 1. The molecule has 0 aromatic heterocycles. The summed E-state index contributed by atoms with van der Waals surface area (Å²) in [4.78, 5) is 13.3. The maximum Gasteiger partial charge on any atom is 0.255 e. The van der Waals surface area contributed by atoms with Crippen molar-refractivity contribution >= 4 is 5.91 Å². The van der Waals surface area contributed by atoms with Gasteiger partial charge < -0.3 is 15.2 Å². The van der Waals surface area contributed by atoms with Gasteiger partial charge in [0.15, 0.2) is 6.61 Å². The minimum atomic E-state index is -0.507. The third-order valence-corrected chi connectivity index (χ3v) is 4.54. The first kappa shape index (κ1) is 19.3. The van der Waals surface area contributed by atoms with E-state index < -0.39 is 5.91 Å². The summed E-state index contributed by atoms with van der Waals surface area (Å²) in [6, 6.07) is 14.2. The Labute approximate surface area is 158 Å². The molecule has 1 amide bonds. The Morgan fingerprint density at radius 1 is 1.19 bits per heavy atom. The number of hydrogen-bond donors (Lipinski definition) is 1. The molecule has 0 bridgehead atoms. The number of amides is 1. The van der Waals surface area contributed by atoms with Gasteiger partial charge in [0.05, 0.1) is 6.10 Å². The summed E-state index contributed by atoms with van der Waals surface area (Å²) in [6.07, 6.45) is 2.32. The van der Waals surface area contributed by atoms with Gasteiger partial charge in [0, 0.05) is 31.8 Å². The van der Waals surface area contributed by atoms with Gasteiger partial charge in [-0.3, -0.25) is 9.69 Å². The third kappa shape index (κ3) is 6.05. The molecule has 1 heterocycles. The van der Waals surface area contributed by atoms with Crippen LogP contribution in [0.5, 0.6) is 5.75 Å². The Morgan fingerprint density at radius 3 is 2.67 bits per heavy atom. The second kappa shape index (κ2) is 9.48. The Hall–Kier alpha value is -2.44. The molecule has 6 heteroatoms. The van der Waals surface area contributed by atoms with Gasteiger partial charge in [-0.05, 0) is 36.6 Å². The van der Waals surface area contributed by atoms with Crippen molar-refractivity contribution in [2.24, 2.45) is 5.73 Å². The molecule has 0 radical (unpaired) electrons. The van der Waals surface area contributed by atoms with Crippen LogP contribution >= 0.6 is 0 Å². The highest BCUT2D eigenvalue weighted by atomic mass is 19.1. The van der Waals surface area contributed by atoms with Crippen LogP contribution in [0.1, 0.15) is 24.0 Å². The lowest BCUT2D eigenvalue weighted by molar-refractivity contribution is -0.119. The van der Waals surface area contributed by atoms with E-state index in [0.29, 0.717) is 18.8 Å². The molecule has 1 atom stereocenters. The van der Waals surface area contributed by atoms with E-state index in [1.165, 1.54) is 12.1 Å². The molecule has 1 aliphatic heterocycles. The molecule has 3 rings (SSSR count). The number of primary amides is 1. The topological polar surface area (TPSA) is 64.8 Å². The molecule has 5 nitrogen and oxygen atoms in total. The zero-order chi connectivity index (χ0) is 19.1. The van der Waals surface area contributed by atoms with Crippen LogP contribution < -0.4 is 10.5 Å². The van der Waals surface area contributed by atoms with E-state index in [0.717, 1.165) is 37.1 Å². The zero-order valence-corrected chi connectivity index (χ0v) is 15.3. The summed E-state index contributed by atoms with van der Waals surface area (Å²) in [5, 5.41) is 0. The van der Waals surface area contributed by atoms with Crippen LogP contribution in [0, 0.1) is 5.82 Å². The SMILES string of the molecule is NC(=O)COc1ccccc1CN(Cc1ccc(F)cc1)C[C@H]1CCCO1. The average Bonchev–Trinajstić information content (AvgIpc) is 3.16. The van der Waals surface area contributed by atoms with Crippen LogP contribution in [-0.2, 0) is 22.6 Å². The summed E-state index contributed by atoms with van der Waals surface area (Å²) in [5.41, 5.74) is 7.20. The molecule has 2 aromatic rings. The number of nitrogens with zero attached hydrogens (tertiary/aromatic N) is 1. The standard InChI is InChI=1S/C21H25FN2O3/c22-18-9-7-16(8-10-18)12-24(14-19-5-3-11-26-19)13-17-4-1-2-6-20(17)27-15-21(23)25/h1-2,4,6-10,19H,3,5,11-15H2,(H2,23,25)/t19-/m1/s1. The summed E-state index contributed by atoms with van der Waals surface area (Å²) >= 11 is 0. The van der Waals surface area contributed by atoms with Gasteiger partial charge in [-0.2, -0.15) is 0 Å². The number of carbonyl (C=O) groups is 1. The monoisotopic (exact) mass is 372 g/mol. The van der Waals surface area contributed by atoms with E-state index >= 15 is 0 Å². The highest BCUT2D eigenvalue weighted by Gasteiger charge is 2.20. The molecule has 0 aliphatic carbocycles. The van der Waals surface area contributed by atoms with Crippen LogP contribution in [0.2, 0.25) is 0 Å². The summed E-state index contributed by atoms with van der Waals surface area (Å²) in [5.74, 6) is -0.102. The van der Waals surface area contributed by atoms with Gasteiger partial charge in [0.25, 0.3) is 5.91 Å². The van der Waals surface area contributed by atoms with E-state index in [1.807, 2.05) is 24.3 Å². The Bertz CT molecular complexity index is 745. The minimum Gasteiger partial charge on any atom is -0.483 e. The molecule has 0 saturated carbocycles.